The number of rotatable bonds is 8. The van der Waals surface area contributed by atoms with Crippen LogP contribution in [-0.4, -0.2) is 98.9 Å². The number of epoxide rings is 1. The number of phenols is 1. The summed E-state index contributed by atoms with van der Waals surface area (Å²) < 4.78 is 62.7. The first-order valence-electron chi connectivity index (χ1n) is 16.2. The van der Waals surface area contributed by atoms with Gasteiger partial charge in [-0.05, 0) is 43.9 Å². The van der Waals surface area contributed by atoms with Crippen LogP contribution < -0.4 is 9.47 Å². The quantitative estimate of drug-likeness (QED) is 0.105. The van der Waals surface area contributed by atoms with Gasteiger partial charge in [0.15, 0.2) is 18.2 Å². The lowest BCUT2D eigenvalue weighted by Crippen LogP contribution is -2.71. The van der Waals surface area contributed by atoms with Crippen molar-refractivity contribution in [3.05, 3.63) is 38.8 Å². The van der Waals surface area contributed by atoms with E-state index >= 15 is 0 Å². The van der Waals surface area contributed by atoms with Crippen LogP contribution in [-0.2, 0) is 49.1 Å². The number of aromatic hydroxyl groups is 1. The van der Waals surface area contributed by atoms with E-state index in [9.17, 15) is 20.2 Å². The monoisotopic (exact) mass is 683 g/mol. The number of ether oxygens (including phenoxy) is 10. The van der Waals surface area contributed by atoms with E-state index in [4.69, 9.17) is 47.4 Å². The molecule has 0 amide bonds. The third kappa shape index (κ3) is 4.14. The first-order chi connectivity index (χ1) is 23.5. The molecular formula is C33H37N3O13. The van der Waals surface area contributed by atoms with Gasteiger partial charge < -0.3 is 52.5 Å². The van der Waals surface area contributed by atoms with E-state index in [0.717, 1.165) is 5.56 Å². The van der Waals surface area contributed by atoms with Gasteiger partial charge >= 0.3 is 5.97 Å². The Labute approximate surface area is 280 Å². The van der Waals surface area contributed by atoms with Crippen molar-refractivity contribution in [2.45, 2.75) is 107 Å². The molecule has 0 radical (unpaired) electrons. The maximum Gasteiger partial charge on any atom is 0.303 e. The Morgan fingerprint density at radius 3 is 2.61 bits per heavy atom. The maximum atomic E-state index is 13.3. The van der Waals surface area contributed by atoms with E-state index in [1.54, 1.807) is 6.92 Å². The lowest BCUT2D eigenvalue weighted by atomic mass is 9.78. The highest BCUT2D eigenvalue weighted by atomic mass is 16.9. The largest absolute Gasteiger partial charge is 0.506 e. The van der Waals surface area contributed by atoms with Crippen molar-refractivity contribution in [2.75, 3.05) is 27.9 Å². The van der Waals surface area contributed by atoms with Crippen LogP contribution in [0.4, 0.5) is 0 Å². The zero-order valence-electron chi connectivity index (χ0n) is 27.8. The molecule has 1 N–H and O–H groups in total. The number of aryl methyl sites for hydroxylation is 1. The molecule has 5 heterocycles. The number of hydrogen-bond acceptors (Lipinski definition) is 14. The summed E-state index contributed by atoms with van der Waals surface area (Å²) in [6, 6.07) is 1.04. The summed E-state index contributed by atoms with van der Waals surface area (Å²) in [5.41, 5.74) is 10.1. The number of hydrogen-bond donors (Lipinski definition) is 1. The van der Waals surface area contributed by atoms with Gasteiger partial charge in [0, 0.05) is 55.4 Å². The van der Waals surface area contributed by atoms with Crippen molar-refractivity contribution in [1.82, 2.24) is 0 Å². The van der Waals surface area contributed by atoms with Gasteiger partial charge in [0.1, 0.15) is 29.5 Å². The lowest BCUT2D eigenvalue weighted by Gasteiger charge is -2.51. The van der Waals surface area contributed by atoms with Crippen LogP contribution in [0.3, 0.4) is 0 Å². The van der Waals surface area contributed by atoms with E-state index in [-0.39, 0.29) is 47.7 Å². The molecule has 5 aliphatic heterocycles. The van der Waals surface area contributed by atoms with E-state index in [1.807, 2.05) is 13.0 Å². The van der Waals surface area contributed by atoms with Gasteiger partial charge in [0.25, 0.3) is 11.6 Å². The molecule has 6 aliphatic rings. The molecular weight excluding hydrogens is 646 g/mol. The number of ketones is 1. The number of methoxy groups -OCH3 is 3. The van der Waals surface area contributed by atoms with E-state index in [1.165, 1.54) is 28.3 Å². The number of phenolic OH excluding ortho intramolecular Hbond substituents is 1. The Morgan fingerprint density at radius 2 is 1.96 bits per heavy atom. The molecule has 16 heteroatoms. The average molecular weight is 684 g/mol. The Morgan fingerprint density at radius 1 is 1.20 bits per heavy atom. The maximum absolute atomic E-state index is 13.3. The minimum Gasteiger partial charge on any atom is -0.506 e. The summed E-state index contributed by atoms with van der Waals surface area (Å²) >= 11 is 0. The molecule has 1 aliphatic carbocycles. The van der Waals surface area contributed by atoms with E-state index < -0.39 is 66.2 Å². The summed E-state index contributed by atoms with van der Waals surface area (Å²) in [5, 5.41) is 16.6. The molecule has 16 nitrogen and oxygen atoms in total. The number of nitrogens with zero attached hydrogens (tertiary/aromatic N) is 3. The number of fused-ring (bicyclic) bond motifs is 8. The molecule has 0 unspecified atom stereocenters. The molecule has 9 atom stereocenters. The Hall–Kier alpha value is -3.73. The van der Waals surface area contributed by atoms with Crippen LogP contribution in [0.2, 0.25) is 0 Å². The normalized spacial score (nSPS) is 36.7. The third-order valence-electron chi connectivity index (χ3n) is 10.7. The van der Waals surface area contributed by atoms with Crippen molar-refractivity contribution >= 4 is 22.5 Å². The smallest absolute Gasteiger partial charge is 0.303 e. The van der Waals surface area contributed by atoms with Gasteiger partial charge in [0.05, 0.1) is 36.8 Å². The standard InChI is InChI=1S/C33H37N3O13/c1-13-10-17-23(24(39)22-16(26(17)40-4)8-7-9-19(22)38)27-21(13)28-29-32(47-27,31(12-43-31)33(48-28,49-29)30(41-5)42-6)46-20-11-18(35-36-34)25(14(2)44-20)45-15(3)37/h10,14,18,20,25,28-30,39H,7-9,11-12H2,1-6H3/t14-,18-,20-,25+,28-,29-,31-,32+,33-/m0/s1. The van der Waals surface area contributed by atoms with Crippen LogP contribution in [0.5, 0.6) is 17.2 Å². The predicted octanol–water partition coefficient (Wildman–Crippen LogP) is 3.79. The zero-order chi connectivity index (χ0) is 34.6. The first-order valence-corrected chi connectivity index (χ1v) is 16.2. The summed E-state index contributed by atoms with van der Waals surface area (Å²) in [4.78, 5) is 28.2. The fourth-order valence-electron chi connectivity index (χ4n) is 8.72. The molecule has 2 aromatic rings. The molecule has 0 aromatic heterocycles. The Bertz CT molecular complexity index is 1820. The Kier molecular flexibility index (Phi) is 7.38. The first kappa shape index (κ1) is 32.5. The molecule has 2 aromatic carbocycles. The van der Waals surface area contributed by atoms with Crippen LogP contribution in [0.25, 0.3) is 21.2 Å². The fraction of sp³-hybridized carbons (Fsp3) is 0.636. The second-order valence-corrected chi connectivity index (χ2v) is 13.3. The van der Waals surface area contributed by atoms with Crippen molar-refractivity contribution in [3.63, 3.8) is 0 Å². The summed E-state index contributed by atoms with van der Waals surface area (Å²) in [6.07, 6.45) is -4.15. The number of Topliss-reactive ketones (excluding diaryl/α,β-unsaturated/α-hetero) is 1. The van der Waals surface area contributed by atoms with Crippen LogP contribution in [0.15, 0.2) is 11.2 Å². The van der Waals surface area contributed by atoms with Gasteiger partial charge in [0.2, 0.25) is 11.9 Å². The SMILES string of the molecule is COc1c2c(c(O)c3c4c(c(C)cc13)[C@@H]1O[C@@]3(C(OC)OC)O[C@@H]1[C@@](O[C@H]1C[C@H](N=[N+]=[N-])[C@H](OC(C)=O)[C@H](C)O1)(O4)[C@@]31CO1)C(=O)CCC2. The van der Waals surface area contributed by atoms with Gasteiger partial charge in [-0.1, -0.05) is 5.11 Å². The highest BCUT2D eigenvalue weighted by molar-refractivity contribution is 6.11. The van der Waals surface area contributed by atoms with Crippen LogP contribution in [0, 0.1) is 6.92 Å². The highest BCUT2D eigenvalue weighted by Gasteiger charge is 2.94. The van der Waals surface area contributed by atoms with E-state index in [0.29, 0.717) is 35.1 Å². The van der Waals surface area contributed by atoms with Gasteiger partial charge in [-0.2, -0.15) is 0 Å². The second-order valence-electron chi connectivity index (χ2n) is 13.3. The van der Waals surface area contributed by atoms with Gasteiger partial charge in [-0.15, -0.1) is 0 Å². The van der Waals surface area contributed by atoms with Crippen molar-refractivity contribution in [2.24, 2.45) is 5.11 Å². The van der Waals surface area contributed by atoms with Crippen LogP contribution >= 0.6 is 0 Å². The predicted molar refractivity (Wildman–Crippen MR) is 164 cm³/mol. The number of carbonyl (C=O) groups excluding carboxylic acids is 2. The van der Waals surface area contributed by atoms with Gasteiger partial charge in [-0.25, -0.2) is 0 Å². The minimum atomic E-state index is -1.81. The zero-order valence-corrected chi connectivity index (χ0v) is 27.8. The molecule has 0 saturated carbocycles. The van der Waals surface area contributed by atoms with Crippen molar-refractivity contribution < 1.29 is 62.1 Å². The number of carbonyl (C=O) groups is 2. The van der Waals surface area contributed by atoms with Crippen molar-refractivity contribution in [3.8, 4) is 17.2 Å². The number of azide groups is 1. The Balaban J connectivity index is 1.32. The van der Waals surface area contributed by atoms with Crippen LogP contribution in [0.1, 0.15) is 66.3 Å². The van der Waals surface area contributed by atoms with E-state index in [2.05, 4.69) is 10.0 Å². The molecule has 8 rings (SSSR count). The third-order valence-corrected chi connectivity index (χ3v) is 10.7. The molecule has 4 fully saturated rings. The van der Waals surface area contributed by atoms with Gasteiger partial charge in [-0.3, -0.25) is 9.59 Å². The number of esters is 1. The highest BCUT2D eigenvalue weighted by Crippen LogP contribution is 2.72. The topological polar surface area (TPSA) is 199 Å². The second kappa shape index (κ2) is 11.1. The molecule has 262 valence electrons. The lowest BCUT2D eigenvalue weighted by molar-refractivity contribution is -0.378. The summed E-state index contributed by atoms with van der Waals surface area (Å²) in [5.74, 6) is -3.76. The minimum absolute atomic E-state index is 0.0146. The number of benzene rings is 2. The molecule has 49 heavy (non-hydrogen) atoms. The molecule has 4 saturated heterocycles. The van der Waals surface area contributed by atoms with Crippen molar-refractivity contribution in [1.29, 1.82) is 0 Å². The molecule has 2 bridgehead atoms. The summed E-state index contributed by atoms with van der Waals surface area (Å²) in [6.45, 7) is 4.87. The molecule has 1 spiro atoms. The average Bonchev–Trinajstić information content (AvgIpc) is 3.73. The fourth-order valence-corrected chi connectivity index (χ4v) is 8.72. The summed E-state index contributed by atoms with van der Waals surface area (Å²) in [7, 11) is 4.43.